The van der Waals surface area contributed by atoms with Crippen molar-refractivity contribution in [2.24, 2.45) is 0 Å². The molecule has 0 radical (unpaired) electrons. The molecule has 3 nitrogen and oxygen atoms in total. The molecule has 0 aromatic rings. The average Bonchev–Trinajstić information content (AvgIpc) is 2.06. The van der Waals surface area contributed by atoms with Crippen molar-refractivity contribution >= 4 is 0 Å². The fraction of sp³-hybridized carbons (Fsp3) is 1.00. The summed E-state index contributed by atoms with van der Waals surface area (Å²) < 4.78 is 5.04. The van der Waals surface area contributed by atoms with Crippen molar-refractivity contribution in [3.05, 3.63) is 0 Å². The lowest BCUT2D eigenvalue weighted by Crippen LogP contribution is -2.41. The van der Waals surface area contributed by atoms with Gasteiger partial charge in [-0.1, -0.05) is 6.92 Å². The van der Waals surface area contributed by atoms with Crippen LogP contribution in [0.25, 0.3) is 0 Å². The summed E-state index contributed by atoms with van der Waals surface area (Å²) in [5, 5.41) is 3.18. The van der Waals surface area contributed by atoms with Gasteiger partial charge in [-0.05, 0) is 20.5 Å². The molecule has 3 heteroatoms. The molecule has 74 valence electrons. The van der Waals surface area contributed by atoms with E-state index in [0.717, 1.165) is 26.2 Å². The molecule has 0 aromatic heterocycles. The van der Waals surface area contributed by atoms with Crippen LogP contribution < -0.4 is 5.32 Å². The third kappa shape index (κ3) is 4.70. The van der Waals surface area contributed by atoms with Crippen LogP contribution in [0.1, 0.15) is 13.8 Å². The van der Waals surface area contributed by atoms with Crippen LogP contribution in [0.3, 0.4) is 0 Å². The van der Waals surface area contributed by atoms with E-state index < -0.39 is 0 Å². The molecule has 0 aliphatic heterocycles. The Kier molecular flexibility index (Phi) is 7.45. The standard InChI is InChI=1S/C9H22N2O/c1-5-11(6-7-12-4)9(2)8-10-3/h9-10H,5-8H2,1-4H3. The molecule has 0 heterocycles. The number of methoxy groups -OCH3 is 1. The van der Waals surface area contributed by atoms with Crippen molar-refractivity contribution < 1.29 is 4.74 Å². The van der Waals surface area contributed by atoms with Crippen LogP contribution in [-0.4, -0.2) is 51.3 Å². The number of hydrogen-bond acceptors (Lipinski definition) is 3. The number of hydrogen-bond donors (Lipinski definition) is 1. The second kappa shape index (κ2) is 7.53. The largest absolute Gasteiger partial charge is 0.383 e. The molecule has 0 aromatic carbocycles. The molecule has 0 saturated carbocycles. The highest BCUT2D eigenvalue weighted by molar-refractivity contribution is 4.66. The predicted octanol–water partition coefficient (Wildman–Crippen LogP) is 0.563. The van der Waals surface area contributed by atoms with Gasteiger partial charge < -0.3 is 10.1 Å². The summed E-state index contributed by atoms with van der Waals surface area (Å²) in [4.78, 5) is 2.40. The van der Waals surface area contributed by atoms with Crippen molar-refractivity contribution in [3.63, 3.8) is 0 Å². The van der Waals surface area contributed by atoms with Crippen LogP contribution in [0.4, 0.5) is 0 Å². The van der Waals surface area contributed by atoms with Gasteiger partial charge in [0, 0.05) is 26.2 Å². The maximum atomic E-state index is 5.04. The topological polar surface area (TPSA) is 24.5 Å². The minimum absolute atomic E-state index is 0.593. The summed E-state index contributed by atoms with van der Waals surface area (Å²) in [5.41, 5.74) is 0. The zero-order valence-electron chi connectivity index (χ0n) is 8.76. The zero-order valence-corrected chi connectivity index (χ0v) is 8.76. The molecule has 0 bridgehead atoms. The first kappa shape index (κ1) is 11.9. The lowest BCUT2D eigenvalue weighted by Gasteiger charge is -2.27. The second-order valence-electron chi connectivity index (χ2n) is 3.03. The molecule has 0 amide bonds. The van der Waals surface area contributed by atoms with Gasteiger partial charge in [0.05, 0.1) is 6.61 Å². The van der Waals surface area contributed by atoms with Crippen LogP contribution in [-0.2, 0) is 4.74 Å². The van der Waals surface area contributed by atoms with Gasteiger partial charge in [0.25, 0.3) is 0 Å². The van der Waals surface area contributed by atoms with E-state index in [1.807, 2.05) is 7.05 Å². The Morgan fingerprint density at radius 1 is 1.50 bits per heavy atom. The van der Waals surface area contributed by atoms with Gasteiger partial charge in [-0.3, -0.25) is 4.90 Å². The molecule has 0 aliphatic carbocycles. The van der Waals surface area contributed by atoms with E-state index >= 15 is 0 Å². The first-order valence-corrected chi connectivity index (χ1v) is 4.63. The van der Waals surface area contributed by atoms with E-state index in [0.29, 0.717) is 6.04 Å². The summed E-state index contributed by atoms with van der Waals surface area (Å²) in [6, 6.07) is 0.593. The highest BCUT2D eigenvalue weighted by Crippen LogP contribution is 1.96. The van der Waals surface area contributed by atoms with Crippen LogP contribution >= 0.6 is 0 Å². The van der Waals surface area contributed by atoms with E-state index in [2.05, 4.69) is 24.1 Å². The zero-order chi connectivity index (χ0) is 9.40. The van der Waals surface area contributed by atoms with E-state index in [4.69, 9.17) is 4.74 Å². The molecule has 1 N–H and O–H groups in total. The van der Waals surface area contributed by atoms with Crippen molar-refractivity contribution in [3.8, 4) is 0 Å². The Morgan fingerprint density at radius 2 is 2.17 bits per heavy atom. The summed E-state index contributed by atoms with van der Waals surface area (Å²) in [6.45, 7) is 8.39. The van der Waals surface area contributed by atoms with Crippen LogP contribution in [0.2, 0.25) is 0 Å². The number of rotatable bonds is 7. The van der Waals surface area contributed by atoms with Crippen molar-refractivity contribution in [2.45, 2.75) is 19.9 Å². The Morgan fingerprint density at radius 3 is 2.58 bits per heavy atom. The van der Waals surface area contributed by atoms with E-state index in [9.17, 15) is 0 Å². The Bertz CT molecular complexity index is 98.5. The normalized spacial score (nSPS) is 13.8. The molecular formula is C9H22N2O. The minimum Gasteiger partial charge on any atom is -0.383 e. The fourth-order valence-electron chi connectivity index (χ4n) is 1.32. The highest BCUT2D eigenvalue weighted by Gasteiger charge is 2.09. The van der Waals surface area contributed by atoms with Gasteiger partial charge in [-0.25, -0.2) is 0 Å². The number of nitrogens with zero attached hydrogens (tertiary/aromatic N) is 1. The van der Waals surface area contributed by atoms with Crippen molar-refractivity contribution in [1.29, 1.82) is 0 Å². The minimum atomic E-state index is 0.593. The fourth-order valence-corrected chi connectivity index (χ4v) is 1.32. The van der Waals surface area contributed by atoms with Crippen LogP contribution in [0.15, 0.2) is 0 Å². The number of likely N-dealkylation sites (N-methyl/N-ethyl adjacent to an activating group) is 2. The lowest BCUT2D eigenvalue weighted by molar-refractivity contribution is 0.128. The maximum absolute atomic E-state index is 5.04. The average molecular weight is 174 g/mol. The first-order valence-electron chi connectivity index (χ1n) is 4.63. The quantitative estimate of drug-likeness (QED) is 0.610. The Hall–Kier alpha value is -0.120. The molecule has 1 unspecified atom stereocenters. The molecule has 0 aliphatic rings. The summed E-state index contributed by atoms with van der Waals surface area (Å²) in [7, 11) is 3.73. The monoisotopic (exact) mass is 174 g/mol. The van der Waals surface area contributed by atoms with Crippen LogP contribution in [0.5, 0.6) is 0 Å². The second-order valence-corrected chi connectivity index (χ2v) is 3.03. The SMILES string of the molecule is CCN(CCOC)C(C)CNC. The van der Waals surface area contributed by atoms with E-state index in [1.165, 1.54) is 0 Å². The highest BCUT2D eigenvalue weighted by atomic mass is 16.5. The van der Waals surface area contributed by atoms with Gasteiger partial charge in [0.2, 0.25) is 0 Å². The van der Waals surface area contributed by atoms with Gasteiger partial charge in [0.1, 0.15) is 0 Å². The van der Waals surface area contributed by atoms with Gasteiger partial charge >= 0.3 is 0 Å². The number of nitrogens with one attached hydrogen (secondary N) is 1. The summed E-state index contributed by atoms with van der Waals surface area (Å²) >= 11 is 0. The van der Waals surface area contributed by atoms with Gasteiger partial charge in [-0.15, -0.1) is 0 Å². The molecular weight excluding hydrogens is 152 g/mol. The smallest absolute Gasteiger partial charge is 0.0589 e. The van der Waals surface area contributed by atoms with Crippen LogP contribution in [0, 0.1) is 0 Å². The van der Waals surface area contributed by atoms with Gasteiger partial charge in [-0.2, -0.15) is 0 Å². The number of ether oxygens (including phenoxy) is 1. The maximum Gasteiger partial charge on any atom is 0.0589 e. The third-order valence-corrected chi connectivity index (χ3v) is 2.11. The molecule has 0 saturated heterocycles. The van der Waals surface area contributed by atoms with E-state index in [-0.39, 0.29) is 0 Å². The van der Waals surface area contributed by atoms with Crippen molar-refractivity contribution in [2.75, 3.05) is 40.4 Å². The molecule has 0 rings (SSSR count). The van der Waals surface area contributed by atoms with E-state index in [1.54, 1.807) is 7.11 Å². The Balaban J connectivity index is 3.62. The third-order valence-electron chi connectivity index (χ3n) is 2.11. The predicted molar refractivity (Wildman–Crippen MR) is 52.5 cm³/mol. The molecule has 12 heavy (non-hydrogen) atoms. The summed E-state index contributed by atoms with van der Waals surface area (Å²) in [6.07, 6.45) is 0. The lowest BCUT2D eigenvalue weighted by atomic mass is 10.3. The summed E-state index contributed by atoms with van der Waals surface area (Å²) in [5.74, 6) is 0. The first-order chi connectivity index (χ1) is 5.76. The van der Waals surface area contributed by atoms with Gasteiger partial charge in [0.15, 0.2) is 0 Å². The molecule has 1 atom stereocenters. The Labute approximate surface area is 76.1 Å². The van der Waals surface area contributed by atoms with Crippen molar-refractivity contribution in [1.82, 2.24) is 10.2 Å². The molecule has 0 fully saturated rings. The molecule has 0 spiro atoms.